The topological polar surface area (TPSA) is 50.7 Å². The van der Waals surface area contributed by atoms with E-state index in [9.17, 15) is 5.11 Å². The molecule has 0 heterocycles. The summed E-state index contributed by atoms with van der Waals surface area (Å²) in [5.41, 5.74) is 0.897. The molecular weight excluding hydrogens is 358 g/mol. The van der Waals surface area contributed by atoms with Crippen LogP contribution < -0.4 is 5.32 Å². The molecule has 0 aliphatic carbocycles. The molecule has 4 nitrogen and oxygen atoms in total. The van der Waals surface area contributed by atoms with Gasteiger partial charge in [-0.3, -0.25) is 0 Å². The number of unbranched alkanes of at least 4 members (excludes halogenated alkanes) is 1. The molecule has 1 aromatic rings. The summed E-state index contributed by atoms with van der Waals surface area (Å²) in [4.78, 5) is 0. The summed E-state index contributed by atoms with van der Waals surface area (Å²) in [5.74, 6) is 0. The maximum atomic E-state index is 9.81. The third-order valence-corrected chi connectivity index (χ3v) is 4.00. The summed E-state index contributed by atoms with van der Waals surface area (Å²) in [7, 11) is 0. The highest BCUT2D eigenvalue weighted by Gasteiger charge is 2.05. The minimum Gasteiger partial charge on any atom is -0.389 e. The van der Waals surface area contributed by atoms with Crippen molar-refractivity contribution in [3.8, 4) is 0 Å². The minimum atomic E-state index is -0.560. The fourth-order valence-corrected chi connectivity index (χ4v) is 2.08. The first kappa shape index (κ1) is 18.7. The highest BCUT2D eigenvalue weighted by molar-refractivity contribution is 9.10. The number of nitrogens with one attached hydrogen (secondary N) is 1. The first-order valence-electron chi connectivity index (χ1n) is 7.16. The molecule has 1 aromatic carbocycles. The molecule has 0 saturated carbocycles. The molecule has 0 spiro atoms. The van der Waals surface area contributed by atoms with Gasteiger partial charge < -0.3 is 19.9 Å². The van der Waals surface area contributed by atoms with Crippen LogP contribution in [0.5, 0.6) is 0 Å². The van der Waals surface area contributed by atoms with Crippen molar-refractivity contribution in [3.05, 3.63) is 27.7 Å². The maximum Gasteiger partial charge on any atom is 0.0945 e. The Kier molecular flexibility index (Phi) is 10.0. The second-order valence-electron chi connectivity index (χ2n) is 4.70. The summed E-state index contributed by atoms with van der Waals surface area (Å²) >= 11 is 9.27. The maximum absolute atomic E-state index is 9.81. The van der Waals surface area contributed by atoms with Gasteiger partial charge in [-0.15, -0.1) is 0 Å². The van der Waals surface area contributed by atoms with Crippen molar-refractivity contribution in [2.24, 2.45) is 0 Å². The number of aliphatic hydroxyl groups is 1. The summed E-state index contributed by atoms with van der Waals surface area (Å²) in [6.45, 7) is 4.69. The fraction of sp³-hybridized carbons (Fsp3) is 0.600. The van der Waals surface area contributed by atoms with Crippen molar-refractivity contribution >= 4 is 33.2 Å². The number of aliphatic hydroxyl groups excluding tert-OH is 1. The van der Waals surface area contributed by atoms with E-state index >= 15 is 0 Å². The van der Waals surface area contributed by atoms with E-state index in [0.29, 0.717) is 31.4 Å². The van der Waals surface area contributed by atoms with E-state index in [-0.39, 0.29) is 0 Å². The van der Waals surface area contributed by atoms with Crippen molar-refractivity contribution in [3.63, 3.8) is 0 Å². The Balaban J connectivity index is 2.08. The van der Waals surface area contributed by atoms with Gasteiger partial charge in [-0.1, -0.05) is 24.9 Å². The van der Waals surface area contributed by atoms with Crippen LogP contribution in [0.4, 0.5) is 5.69 Å². The monoisotopic (exact) mass is 379 g/mol. The van der Waals surface area contributed by atoms with Gasteiger partial charge in [0.1, 0.15) is 0 Å². The first-order valence-corrected chi connectivity index (χ1v) is 8.33. The lowest BCUT2D eigenvalue weighted by Gasteiger charge is -2.13. The zero-order valence-corrected chi connectivity index (χ0v) is 14.6. The van der Waals surface area contributed by atoms with Gasteiger partial charge in [-0.05, 0) is 40.5 Å². The number of ether oxygens (including phenoxy) is 2. The van der Waals surface area contributed by atoms with E-state index in [2.05, 4.69) is 28.2 Å². The minimum absolute atomic E-state index is 0.291. The lowest BCUT2D eigenvalue weighted by molar-refractivity contribution is 0.00749. The summed E-state index contributed by atoms with van der Waals surface area (Å²) in [5, 5.41) is 13.6. The molecule has 0 bridgehead atoms. The van der Waals surface area contributed by atoms with Crippen molar-refractivity contribution in [1.82, 2.24) is 0 Å². The molecule has 2 N–H and O–H groups in total. The van der Waals surface area contributed by atoms with Gasteiger partial charge in [0.05, 0.1) is 30.9 Å². The molecule has 0 aliphatic rings. The Bertz CT molecular complexity index is 407. The number of benzene rings is 1. The van der Waals surface area contributed by atoms with Gasteiger partial charge in [0.15, 0.2) is 0 Å². The van der Waals surface area contributed by atoms with Crippen LogP contribution >= 0.6 is 27.5 Å². The number of halogens is 2. The number of hydrogen-bond acceptors (Lipinski definition) is 4. The third kappa shape index (κ3) is 8.63. The molecule has 21 heavy (non-hydrogen) atoms. The SMILES string of the molecule is CCCCOCCOCC(O)CNc1ccc(Cl)c(Br)c1. The van der Waals surface area contributed by atoms with E-state index < -0.39 is 6.10 Å². The lowest BCUT2D eigenvalue weighted by atomic mass is 10.3. The van der Waals surface area contributed by atoms with Crippen LogP contribution in [0.3, 0.4) is 0 Å². The molecule has 0 aromatic heterocycles. The highest BCUT2D eigenvalue weighted by atomic mass is 79.9. The van der Waals surface area contributed by atoms with Gasteiger partial charge in [-0.2, -0.15) is 0 Å². The lowest BCUT2D eigenvalue weighted by Crippen LogP contribution is -2.25. The van der Waals surface area contributed by atoms with Crippen molar-refractivity contribution < 1.29 is 14.6 Å². The van der Waals surface area contributed by atoms with Crippen LogP contribution in [0.1, 0.15) is 19.8 Å². The third-order valence-electron chi connectivity index (χ3n) is 2.79. The van der Waals surface area contributed by atoms with E-state index in [1.54, 1.807) is 6.07 Å². The molecule has 6 heteroatoms. The Morgan fingerprint density at radius 2 is 2.05 bits per heavy atom. The molecular formula is C15H23BrClNO3. The van der Waals surface area contributed by atoms with Crippen molar-refractivity contribution in [2.75, 3.05) is 38.3 Å². The largest absolute Gasteiger partial charge is 0.389 e. The van der Waals surface area contributed by atoms with Gasteiger partial charge in [0.25, 0.3) is 0 Å². The molecule has 1 unspecified atom stereocenters. The summed E-state index contributed by atoms with van der Waals surface area (Å²) in [6, 6.07) is 5.53. The standard InChI is InChI=1S/C15H23BrClNO3/c1-2-3-6-20-7-8-21-11-13(19)10-18-12-4-5-15(17)14(16)9-12/h4-5,9,13,18-19H,2-3,6-8,10-11H2,1H3. The first-order chi connectivity index (χ1) is 10.1. The zero-order chi connectivity index (χ0) is 15.5. The van der Waals surface area contributed by atoms with Crippen LogP contribution in [0.2, 0.25) is 5.02 Å². The zero-order valence-electron chi connectivity index (χ0n) is 12.3. The summed E-state index contributed by atoms with van der Waals surface area (Å²) < 4.78 is 11.6. The predicted octanol–water partition coefficient (Wildman–Crippen LogP) is 3.71. The quantitative estimate of drug-likeness (QED) is 0.575. The van der Waals surface area contributed by atoms with Gasteiger partial charge in [0.2, 0.25) is 0 Å². The number of hydrogen-bond donors (Lipinski definition) is 2. The predicted molar refractivity (Wildman–Crippen MR) is 90.2 cm³/mol. The van der Waals surface area contributed by atoms with Crippen LogP contribution in [-0.2, 0) is 9.47 Å². The Morgan fingerprint density at radius 3 is 2.76 bits per heavy atom. The molecule has 0 saturated heterocycles. The van der Waals surface area contributed by atoms with Gasteiger partial charge in [-0.25, -0.2) is 0 Å². The van der Waals surface area contributed by atoms with E-state index in [1.807, 2.05) is 12.1 Å². The molecule has 120 valence electrons. The molecule has 0 fully saturated rings. The average Bonchev–Trinajstić information content (AvgIpc) is 2.47. The second kappa shape index (κ2) is 11.3. The second-order valence-corrected chi connectivity index (χ2v) is 5.97. The molecule has 0 radical (unpaired) electrons. The fourth-order valence-electron chi connectivity index (χ4n) is 1.59. The highest BCUT2D eigenvalue weighted by Crippen LogP contribution is 2.25. The Hall–Kier alpha value is -0.330. The molecule has 0 amide bonds. The van der Waals surface area contributed by atoms with Crippen LogP contribution in [0.15, 0.2) is 22.7 Å². The van der Waals surface area contributed by atoms with Crippen molar-refractivity contribution in [1.29, 1.82) is 0 Å². The molecule has 1 atom stereocenters. The van der Waals surface area contributed by atoms with Crippen LogP contribution in [-0.4, -0.2) is 44.2 Å². The van der Waals surface area contributed by atoms with Crippen molar-refractivity contribution in [2.45, 2.75) is 25.9 Å². The Labute approximate surface area is 139 Å². The van der Waals surface area contributed by atoms with E-state index in [4.69, 9.17) is 21.1 Å². The van der Waals surface area contributed by atoms with E-state index in [1.165, 1.54) is 0 Å². The normalized spacial score (nSPS) is 12.4. The van der Waals surface area contributed by atoms with Gasteiger partial charge in [0, 0.05) is 23.3 Å². The average molecular weight is 381 g/mol. The number of anilines is 1. The van der Waals surface area contributed by atoms with Crippen LogP contribution in [0.25, 0.3) is 0 Å². The van der Waals surface area contributed by atoms with Gasteiger partial charge >= 0.3 is 0 Å². The number of rotatable bonds is 11. The summed E-state index contributed by atoms with van der Waals surface area (Å²) in [6.07, 6.45) is 1.64. The van der Waals surface area contributed by atoms with E-state index in [0.717, 1.165) is 29.6 Å². The molecule has 0 aliphatic heterocycles. The van der Waals surface area contributed by atoms with Crippen LogP contribution in [0, 0.1) is 0 Å². The molecule has 1 rings (SSSR count). The Morgan fingerprint density at radius 1 is 1.29 bits per heavy atom. The smallest absolute Gasteiger partial charge is 0.0945 e.